The molecular weight excluding hydrogens is 380 g/mol. The van der Waals surface area contributed by atoms with Crippen LogP contribution in [0.3, 0.4) is 0 Å². The van der Waals surface area contributed by atoms with Gasteiger partial charge in [-0.05, 0) is 74.1 Å². The zero-order chi connectivity index (χ0) is 23.1. The summed E-state index contributed by atoms with van der Waals surface area (Å²) in [5, 5.41) is 5.42. The molecule has 3 heteroatoms. The van der Waals surface area contributed by atoms with Gasteiger partial charge in [-0.25, -0.2) is 0 Å². The van der Waals surface area contributed by atoms with E-state index < -0.39 is 0 Å². The maximum atomic E-state index is 12.2. The predicted octanol–water partition coefficient (Wildman–Crippen LogP) is 6.62. The van der Waals surface area contributed by atoms with Gasteiger partial charge in [0.1, 0.15) is 0 Å². The fourth-order valence-corrected chi connectivity index (χ4v) is 3.05. The lowest BCUT2D eigenvalue weighted by Crippen LogP contribution is -2.22. The van der Waals surface area contributed by atoms with Crippen molar-refractivity contribution < 1.29 is 4.79 Å². The Morgan fingerprint density at radius 1 is 1.00 bits per heavy atom. The number of benzene rings is 2. The van der Waals surface area contributed by atoms with Gasteiger partial charge < -0.3 is 11.1 Å². The molecule has 0 unspecified atom stereocenters. The van der Waals surface area contributed by atoms with E-state index in [1.54, 1.807) is 0 Å². The second-order valence-electron chi connectivity index (χ2n) is 7.94. The number of hydrogen-bond acceptors (Lipinski definition) is 2. The average molecular weight is 421 g/mol. The Morgan fingerprint density at radius 2 is 1.58 bits per heavy atom. The Bertz CT molecular complexity index is 893. The number of carbonyl (C=O) groups excluding carboxylic acids is 1. The lowest BCUT2D eigenvalue weighted by Gasteiger charge is -2.08. The third kappa shape index (κ3) is 10.8. The molecule has 2 aromatic carbocycles. The van der Waals surface area contributed by atoms with Crippen molar-refractivity contribution in [3.63, 3.8) is 0 Å². The minimum Gasteiger partial charge on any atom is -0.330 e. The van der Waals surface area contributed by atoms with E-state index in [0.29, 0.717) is 6.42 Å². The van der Waals surface area contributed by atoms with Crippen molar-refractivity contribution in [2.75, 3.05) is 6.54 Å². The van der Waals surface area contributed by atoms with Crippen molar-refractivity contribution in [2.24, 2.45) is 5.73 Å². The van der Waals surface area contributed by atoms with Gasteiger partial charge >= 0.3 is 0 Å². The Kier molecular flexibility index (Phi) is 12.9. The summed E-state index contributed by atoms with van der Waals surface area (Å²) in [4.78, 5) is 12.2. The van der Waals surface area contributed by atoms with Gasteiger partial charge in [0.25, 0.3) is 0 Å². The maximum absolute atomic E-state index is 12.2. The molecule has 0 aliphatic heterocycles. The maximum Gasteiger partial charge on any atom is 0.224 e. The third-order valence-corrected chi connectivity index (χ3v) is 4.67. The Morgan fingerprint density at radius 3 is 2.10 bits per heavy atom. The third-order valence-electron chi connectivity index (χ3n) is 4.67. The molecular formula is C28H40N2O. The largest absolute Gasteiger partial charge is 0.330 e. The fraction of sp³-hybridized carbons (Fsp3) is 0.393. The molecule has 3 N–H and O–H groups in total. The molecule has 0 fully saturated rings. The number of allylic oxidation sites excluding steroid dienone is 4. The molecule has 0 aliphatic rings. The summed E-state index contributed by atoms with van der Waals surface area (Å²) in [6.45, 7) is 12.7. The van der Waals surface area contributed by atoms with Crippen molar-refractivity contribution in [1.29, 1.82) is 0 Å². The first-order valence-corrected chi connectivity index (χ1v) is 11.4. The molecule has 3 nitrogen and oxygen atoms in total. The number of amides is 1. The Balaban J connectivity index is 0.00000151. The Labute approximate surface area is 189 Å². The number of fused-ring (bicyclic) bond motifs is 1. The summed E-state index contributed by atoms with van der Waals surface area (Å²) >= 11 is 0. The number of aryl methyl sites for hydroxylation is 2. The number of unbranched alkanes of at least 4 members (excludes halogenated alkanes) is 1. The van der Waals surface area contributed by atoms with Gasteiger partial charge in [-0.3, -0.25) is 4.79 Å². The van der Waals surface area contributed by atoms with Crippen LogP contribution in [0, 0.1) is 0 Å². The lowest BCUT2D eigenvalue weighted by atomic mass is 10.00. The van der Waals surface area contributed by atoms with Crippen molar-refractivity contribution in [2.45, 2.75) is 66.2 Å². The van der Waals surface area contributed by atoms with Crippen molar-refractivity contribution >= 4 is 16.7 Å². The average Bonchev–Trinajstić information content (AvgIpc) is 2.75. The van der Waals surface area contributed by atoms with Gasteiger partial charge in [-0.2, -0.15) is 0 Å². The first-order valence-electron chi connectivity index (χ1n) is 11.4. The van der Waals surface area contributed by atoms with Crippen LogP contribution < -0.4 is 11.1 Å². The molecule has 0 atom stereocenters. The van der Waals surface area contributed by atoms with Crippen molar-refractivity contribution in [3.05, 3.63) is 83.6 Å². The van der Waals surface area contributed by atoms with Crippen LogP contribution in [0.2, 0.25) is 0 Å². The second-order valence-corrected chi connectivity index (χ2v) is 7.94. The summed E-state index contributed by atoms with van der Waals surface area (Å²) in [5.41, 5.74) is 9.86. The number of rotatable bonds is 10. The predicted molar refractivity (Wildman–Crippen MR) is 136 cm³/mol. The monoisotopic (exact) mass is 420 g/mol. The quantitative estimate of drug-likeness (QED) is 0.335. The smallest absolute Gasteiger partial charge is 0.224 e. The number of hydrogen-bond donors (Lipinski definition) is 2. The summed E-state index contributed by atoms with van der Waals surface area (Å²) in [7, 11) is 0. The van der Waals surface area contributed by atoms with Crippen LogP contribution in [0.25, 0.3) is 10.8 Å². The van der Waals surface area contributed by atoms with E-state index in [1.807, 2.05) is 32.1 Å². The normalized spacial score (nSPS) is 11.3. The van der Waals surface area contributed by atoms with Crippen LogP contribution >= 0.6 is 0 Å². The van der Waals surface area contributed by atoms with E-state index in [4.69, 9.17) is 5.73 Å². The van der Waals surface area contributed by atoms with Gasteiger partial charge in [0.15, 0.2) is 0 Å². The highest BCUT2D eigenvalue weighted by Crippen LogP contribution is 2.20. The molecule has 0 saturated carbocycles. The molecule has 0 radical (unpaired) electrons. The second kappa shape index (κ2) is 15.2. The molecule has 0 spiro atoms. The van der Waals surface area contributed by atoms with Crippen LogP contribution in [0.4, 0.5) is 0 Å². The van der Waals surface area contributed by atoms with E-state index >= 15 is 0 Å². The highest BCUT2D eigenvalue weighted by molar-refractivity contribution is 5.84. The van der Waals surface area contributed by atoms with E-state index in [-0.39, 0.29) is 5.91 Å². The van der Waals surface area contributed by atoms with Gasteiger partial charge in [0.05, 0.1) is 0 Å². The number of carbonyl (C=O) groups is 1. The molecule has 0 saturated heterocycles. The highest BCUT2D eigenvalue weighted by atomic mass is 16.1. The molecule has 2 rings (SSSR count). The summed E-state index contributed by atoms with van der Waals surface area (Å²) in [5.74, 6) is 0.0230. The van der Waals surface area contributed by atoms with Crippen molar-refractivity contribution in [3.8, 4) is 0 Å². The van der Waals surface area contributed by atoms with Crippen LogP contribution in [-0.4, -0.2) is 12.5 Å². The van der Waals surface area contributed by atoms with E-state index in [0.717, 1.165) is 43.5 Å². The van der Waals surface area contributed by atoms with Crippen LogP contribution in [0.1, 0.15) is 64.5 Å². The van der Waals surface area contributed by atoms with Crippen molar-refractivity contribution in [1.82, 2.24) is 5.32 Å². The zero-order valence-corrected chi connectivity index (χ0v) is 19.8. The zero-order valence-electron chi connectivity index (χ0n) is 19.8. The van der Waals surface area contributed by atoms with Gasteiger partial charge in [-0.15, -0.1) is 0 Å². The number of nitrogens with two attached hydrogens (primary N) is 1. The lowest BCUT2D eigenvalue weighted by molar-refractivity contribution is -0.120. The van der Waals surface area contributed by atoms with Gasteiger partial charge in [0.2, 0.25) is 5.91 Å². The summed E-state index contributed by atoms with van der Waals surface area (Å²) < 4.78 is 0. The van der Waals surface area contributed by atoms with Crippen LogP contribution in [0.15, 0.2) is 72.5 Å². The molecule has 0 heterocycles. The number of nitrogens with one attached hydrogen (secondary N) is 1. The Hall–Kier alpha value is -2.65. The minimum atomic E-state index is 0.0230. The molecule has 0 bridgehead atoms. The summed E-state index contributed by atoms with van der Waals surface area (Å²) in [6, 6.07) is 13.1. The molecule has 0 aliphatic carbocycles. The fourth-order valence-electron chi connectivity index (χ4n) is 3.05. The van der Waals surface area contributed by atoms with E-state index in [1.165, 1.54) is 28.3 Å². The molecule has 1 amide bonds. The molecule has 0 aromatic heterocycles. The van der Waals surface area contributed by atoms with Gasteiger partial charge in [-0.1, -0.05) is 81.0 Å². The first kappa shape index (κ1) is 26.4. The van der Waals surface area contributed by atoms with E-state index in [2.05, 4.69) is 62.1 Å². The molecule has 168 valence electrons. The molecule has 2 aromatic rings. The first-order chi connectivity index (χ1) is 14.9. The van der Waals surface area contributed by atoms with Crippen LogP contribution in [-0.2, 0) is 17.6 Å². The van der Waals surface area contributed by atoms with Crippen LogP contribution in [0.5, 0.6) is 0 Å². The van der Waals surface area contributed by atoms with Gasteiger partial charge in [0, 0.05) is 12.1 Å². The van der Waals surface area contributed by atoms with E-state index in [9.17, 15) is 4.79 Å². The molecule has 31 heavy (non-hydrogen) atoms. The standard InChI is InChI=1S/C25H32N2O.C3H8/c1-4-24(14-8-19(2)3)27-25(28)15-11-21-10-13-22-17-20(7-5-6-16-26)9-12-23(22)18-21;1-3-2/h4,8-10,12-14,17-18H,2,5-7,11,15-16,26H2,1,3H3,(H,27,28);3H2,1-2H3/b14-8-,24-4+;. The SMILES string of the molecule is C=C(C)/C=C\C(=C/C)NC(=O)CCc1ccc2cc(CCCCN)ccc2c1.CCC. The minimum absolute atomic E-state index is 0.0230. The topological polar surface area (TPSA) is 55.1 Å². The summed E-state index contributed by atoms with van der Waals surface area (Å²) in [6.07, 6.45) is 11.4. The highest BCUT2D eigenvalue weighted by Gasteiger charge is 2.05.